The van der Waals surface area contributed by atoms with Gasteiger partial charge < -0.3 is 5.73 Å². The van der Waals surface area contributed by atoms with E-state index < -0.39 is 0 Å². The van der Waals surface area contributed by atoms with Crippen molar-refractivity contribution in [3.05, 3.63) is 27.6 Å². The van der Waals surface area contributed by atoms with Crippen LogP contribution in [-0.4, -0.2) is 4.98 Å². The zero-order chi connectivity index (χ0) is 11.0. The molecule has 2 heterocycles. The van der Waals surface area contributed by atoms with Crippen molar-refractivity contribution in [3.63, 3.8) is 0 Å². The largest absolute Gasteiger partial charge is 0.323 e. The fraction of sp³-hybridized carbons (Fsp3) is 0.364. The standard InChI is InChI=1S/C11H14N2S2/c1-6-4-5-14-9(6)11-13-8(3)10(15-11)7(2)12/h4-5,7H,12H2,1-3H3. The Bertz CT molecular complexity index is 469. The molecule has 1 atom stereocenters. The van der Waals surface area contributed by atoms with Gasteiger partial charge in [-0.1, -0.05) is 0 Å². The van der Waals surface area contributed by atoms with Crippen LogP contribution in [-0.2, 0) is 0 Å². The quantitative estimate of drug-likeness (QED) is 0.869. The van der Waals surface area contributed by atoms with Crippen LogP contribution in [0.3, 0.4) is 0 Å². The van der Waals surface area contributed by atoms with Crippen LogP contribution in [0.1, 0.15) is 29.1 Å². The van der Waals surface area contributed by atoms with Gasteiger partial charge in [0.25, 0.3) is 0 Å². The van der Waals surface area contributed by atoms with Crippen LogP contribution in [0.25, 0.3) is 9.88 Å². The van der Waals surface area contributed by atoms with Crippen molar-refractivity contribution in [3.8, 4) is 9.88 Å². The summed E-state index contributed by atoms with van der Waals surface area (Å²) < 4.78 is 0. The number of thiophene rings is 1. The van der Waals surface area contributed by atoms with Gasteiger partial charge in [-0.3, -0.25) is 0 Å². The molecule has 0 amide bonds. The second-order valence-corrected chi connectivity index (χ2v) is 5.64. The van der Waals surface area contributed by atoms with E-state index in [1.807, 2.05) is 13.8 Å². The minimum Gasteiger partial charge on any atom is -0.323 e. The number of nitrogens with two attached hydrogens (primary N) is 1. The molecule has 0 aliphatic carbocycles. The molecule has 0 aliphatic heterocycles. The fourth-order valence-electron chi connectivity index (χ4n) is 1.52. The van der Waals surface area contributed by atoms with Gasteiger partial charge in [-0.25, -0.2) is 4.98 Å². The molecule has 1 unspecified atom stereocenters. The summed E-state index contributed by atoms with van der Waals surface area (Å²) in [6, 6.07) is 2.21. The summed E-state index contributed by atoms with van der Waals surface area (Å²) in [4.78, 5) is 7.05. The van der Waals surface area contributed by atoms with Crippen molar-refractivity contribution in [2.45, 2.75) is 26.8 Å². The van der Waals surface area contributed by atoms with Gasteiger partial charge in [0.05, 0.1) is 10.6 Å². The van der Waals surface area contributed by atoms with E-state index in [1.165, 1.54) is 15.3 Å². The van der Waals surface area contributed by atoms with Crippen LogP contribution in [0.2, 0.25) is 0 Å². The van der Waals surface area contributed by atoms with E-state index in [1.54, 1.807) is 22.7 Å². The highest BCUT2D eigenvalue weighted by atomic mass is 32.1. The Morgan fingerprint density at radius 2 is 2.13 bits per heavy atom. The maximum Gasteiger partial charge on any atom is 0.134 e. The van der Waals surface area contributed by atoms with Crippen molar-refractivity contribution in [2.75, 3.05) is 0 Å². The normalized spacial score (nSPS) is 13.1. The lowest BCUT2D eigenvalue weighted by Gasteiger charge is -1.99. The van der Waals surface area contributed by atoms with Gasteiger partial charge in [-0.15, -0.1) is 22.7 Å². The lowest BCUT2D eigenvalue weighted by molar-refractivity contribution is 0.825. The van der Waals surface area contributed by atoms with Crippen LogP contribution in [0, 0.1) is 13.8 Å². The van der Waals surface area contributed by atoms with Crippen molar-refractivity contribution >= 4 is 22.7 Å². The number of hydrogen-bond acceptors (Lipinski definition) is 4. The first kappa shape index (κ1) is 10.8. The number of aryl methyl sites for hydroxylation is 2. The number of hydrogen-bond donors (Lipinski definition) is 1. The van der Waals surface area contributed by atoms with E-state index in [0.717, 1.165) is 10.7 Å². The monoisotopic (exact) mass is 238 g/mol. The van der Waals surface area contributed by atoms with Gasteiger partial charge in [0, 0.05) is 10.9 Å². The Morgan fingerprint density at radius 1 is 1.40 bits per heavy atom. The third-order valence-corrected chi connectivity index (χ3v) is 4.83. The molecule has 0 spiro atoms. The highest BCUT2D eigenvalue weighted by Gasteiger charge is 2.14. The molecule has 0 bridgehead atoms. The van der Waals surface area contributed by atoms with Gasteiger partial charge in [-0.2, -0.15) is 0 Å². The third-order valence-electron chi connectivity index (χ3n) is 2.30. The summed E-state index contributed by atoms with van der Waals surface area (Å²) in [7, 11) is 0. The smallest absolute Gasteiger partial charge is 0.134 e. The minimum atomic E-state index is 0.0801. The summed E-state index contributed by atoms with van der Waals surface area (Å²) in [5.74, 6) is 0. The van der Waals surface area contributed by atoms with E-state index in [0.29, 0.717) is 0 Å². The van der Waals surface area contributed by atoms with E-state index in [9.17, 15) is 0 Å². The number of rotatable bonds is 2. The Balaban J connectivity index is 2.47. The minimum absolute atomic E-state index is 0.0801. The average Bonchev–Trinajstić information content (AvgIpc) is 2.71. The van der Waals surface area contributed by atoms with Crippen LogP contribution >= 0.6 is 22.7 Å². The first-order chi connectivity index (χ1) is 7.09. The summed E-state index contributed by atoms with van der Waals surface area (Å²) in [5.41, 5.74) is 8.26. The molecule has 0 radical (unpaired) electrons. The molecule has 2 N–H and O–H groups in total. The van der Waals surface area contributed by atoms with E-state index >= 15 is 0 Å². The Kier molecular flexibility index (Phi) is 2.91. The van der Waals surface area contributed by atoms with E-state index in [2.05, 4.69) is 23.4 Å². The molecular weight excluding hydrogens is 224 g/mol. The molecule has 2 aromatic heterocycles. The lowest BCUT2D eigenvalue weighted by atomic mass is 10.2. The van der Waals surface area contributed by atoms with Crippen molar-refractivity contribution in [1.29, 1.82) is 0 Å². The molecule has 0 fully saturated rings. The molecule has 2 nitrogen and oxygen atoms in total. The van der Waals surface area contributed by atoms with Crippen molar-refractivity contribution in [1.82, 2.24) is 4.98 Å². The predicted molar refractivity (Wildman–Crippen MR) is 67.5 cm³/mol. The molecule has 2 aromatic rings. The Morgan fingerprint density at radius 3 is 2.60 bits per heavy atom. The summed E-state index contributed by atoms with van der Waals surface area (Å²) >= 11 is 3.46. The first-order valence-electron chi connectivity index (χ1n) is 4.87. The highest BCUT2D eigenvalue weighted by molar-refractivity contribution is 7.21. The van der Waals surface area contributed by atoms with Gasteiger partial charge in [0.15, 0.2) is 0 Å². The molecule has 2 rings (SSSR count). The molecule has 15 heavy (non-hydrogen) atoms. The second-order valence-electron chi connectivity index (χ2n) is 3.69. The number of aromatic nitrogens is 1. The molecule has 4 heteroatoms. The molecule has 0 aromatic carbocycles. The zero-order valence-electron chi connectivity index (χ0n) is 9.07. The Hall–Kier alpha value is -0.710. The summed E-state index contributed by atoms with van der Waals surface area (Å²) in [5, 5.41) is 3.21. The van der Waals surface area contributed by atoms with Crippen LogP contribution in [0.4, 0.5) is 0 Å². The Labute approximate surface area is 97.8 Å². The van der Waals surface area contributed by atoms with Crippen LogP contribution < -0.4 is 5.73 Å². The maximum absolute atomic E-state index is 5.89. The number of nitrogens with zero attached hydrogens (tertiary/aromatic N) is 1. The zero-order valence-corrected chi connectivity index (χ0v) is 10.7. The highest BCUT2D eigenvalue weighted by Crippen LogP contribution is 2.35. The van der Waals surface area contributed by atoms with Crippen LogP contribution in [0.5, 0.6) is 0 Å². The molecule has 0 saturated heterocycles. The molecule has 0 saturated carbocycles. The second kappa shape index (κ2) is 4.04. The van der Waals surface area contributed by atoms with E-state index in [-0.39, 0.29) is 6.04 Å². The average molecular weight is 238 g/mol. The van der Waals surface area contributed by atoms with Gasteiger partial charge in [0.2, 0.25) is 0 Å². The first-order valence-corrected chi connectivity index (χ1v) is 6.56. The van der Waals surface area contributed by atoms with Gasteiger partial charge >= 0.3 is 0 Å². The van der Waals surface area contributed by atoms with Crippen LogP contribution in [0.15, 0.2) is 11.4 Å². The molecule has 80 valence electrons. The third kappa shape index (κ3) is 1.97. The molecule has 0 aliphatic rings. The summed E-state index contributed by atoms with van der Waals surface area (Å²) in [6.07, 6.45) is 0. The van der Waals surface area contributed by atoms with Crippen molar-refractivity contribution in [2.24, 2.45) is 5.73 Å². The summed E-state index contributed by atoms with van der Waals surface area (Å²) in [6.45, 7) is 6.15. The number of thiazole rings is 1. The fourth-order valence-corrected chi connectivity index (χ4v) is 3.62. The van der Waals surface area contributed by atoms with Gasteiger partial charge in [0.1, 0.15) is 5.01 Å². The van der Waals surface area contributed by atoms with E-state index in [4.69, 9.17) is 5.73 Å². The van der Waals surface area contributed by atoms with Gasteiger partial charge in [-0.05, 0) is 37.8 Å². The SMILES string of the molecule is Cc1ccsc1-c1nc(C)c(C(C)N)s1. The predicted octanol–water partition coefficient (Wildman–Crippen LogP) is 3.51. The van der Waals surface area contributed by atoms with Crippen molar-refractivity contribution < 1.29 is 0 Å². The lowest BCUT2D eigenvalue weighted by Crippen LogP contribution is -2.03. The maximum atomic E-state index is 5.89. The molecular formula is C11H14N2S2. The topological polar surface area (TPSA) is 38.9 Å².